The number of hydrogen-bond acceptors (Lipinski definition) is 5. The van der Waals surface area contributed by atoms with Gasteiger partial charge in [-0.3, -0.25) is 9.59 Å². The Balaban J connectivity index is 1.20. The van der Waals surface area contributed by atoms with Gasteiger partial charge in [-0.25, -0.2) is 4.39 Å². The third-order valence-electron chi connectivity index (χ3n) is 9.80. The first kappa shape index (κ1) is 21.5. The number of carboxylic acid groups (broad SMARTS) is 1. The standard InChI is InChI=1S/C27H30FN3O4/c28-27-13-26(14-27,15-27)22(32)31(16-24-6-9-25(10-7-24,11-8-24)23(33)34)19-3-1-2-18(12-19)20-29-21(35-30-20)17-4-5-17/h1-3,12,17H,4-11,13-16H2,(H,33,34). The maximum Gasteiger partial charge on any atom is 0.309 e. The highest BCUT2D eigenvalue weighted by atomic mass is 19.1. The van der Waals surface area contributed by atoms with Gasteiger partial charge in [0.25, 0.3) is 0 Å². The molecule has 7 nitrogen and oxygen atoms in total. The monoisotopic (exact) mass is 479 g/mol. The van der Waals surface area contributed by atoms with Crippen LogP contribution >= 0.6 is 0 Å². The molecule has 184 valence electrons. The van der Waals surface area contributed by atoms with Gasteiger partial charge in [-0.05, 0) is 88.2 Å². The number of benzene rings is 1. The van der Waals surface area contributed by atoms with Crippen LogP contribution in [0.5, 0.6) is 0 Å². The Kier molecular flexibility index (Phi) is 4.25. The highest BCUT2D eigenvalue weighted by Crippen LogP contribution is 2.70. The molecule has 35 heavy (non-hydrogen) atoms. The molecule has 0 unspecified atom stereocenters. The lowest BCUT2D eigenvalue weighted by atomic mass is 9.41. The number of carboxylic acids is 1. The van der Waals surface area contributed by atoms with Crippen LogP contribution in [0.15, 0.2) is 28.8 Å². The van der Waals surface area contributed by atoms with Crippen molar-refractivity contribution in [1.82, 2.24) is 10.1 Å². The van der Waals surface area contributed by atoms with Crippen LogP contribution in [0, 0.1) is 16.2 Å². The van der Waals surface area contributed by atoms with Crippen LogP contribution in [-0.2, 0) is 9.59 Å². The number of nitrogens with zero attached hydrogens (tertiary/aromatic N) is 3. The van der Waals surface area contributed by atoms with Gasteiger partial charge in [0.2, 0.25) is 17.6 Å². The van der Waals surface area contributed by atoms with E-state index in [1.807, 2.05) is 29.2 Å². The maximum atomic E-state index is 14.4. The molecule has 1 heterocycles. The predicted octanol–water partition coefficient (Wildman–Crippen LogP) is 5.26. The van der Waals surface area contributed by atoms with Crippen molar-refractivity contribution in [2.24, 2.45) is 16.2 Å². The van der Waals surface area contributed by atoms with Gasteiger partial charge in [0, 0.05) is 23.7 Å². The van der Waals surface area contributed by atoms with Crippen LogP contribution in [0.25, 0.3) is 11.4 Å². The van der Waals surface area contributed by atoms with Crippen LogP contribution in [0.2, 0.25) is 0 Å². The number of fused-ring (bicyclic) bond motifs is 3. The van der Waals surface area contributed by atoms with Gasteiger partial charge in [0.15, 0.2) is 0 Å². The molecule has 9 rings (SSSR count). The summed E-state index contributed by atoms with van der Waals surface area (Å²) < 4.78 is 19.8. The average molecular weight is 480 g/mol. The second-order valence-electron chi connectivity index (χ2n) is 12.2. The SMILES string of the molecule is O=C(O)C12CCC(CN(C(=O)C34CC(F)(C3)C4)c3cccc(-c4noc(C5CC5)n4)c3)(CC1)CC2. The lowest BCUT2D eigenvalue weighted by Crippen LogP contribution is -2.71. The minimum atomic E-state index is -1.15. The molecule has 1 aromatic heterocycles. The zero-order valence-corrected chi connectivity index (χ0v) is 19.8. The van der Waals surface area contributed by atoms with Crippen molar-refractivity contribution >= 4 is 17.6 Å². The number of amides is 1. The first-order chi connectivity index (χ1) is 16.7. The van der Waals surface area contributed by atoms with Gasteiger partial charge < -0.3 is 14.5 Å². The molecule has 1 amide bonds. The molecule has 2 aromatic rings. The van der Waals surface area contributed by atoms with E-state index in [0.29, 0.717) is 62.7 Å². The van der Waals surface area contributed by atoms with Crippen LogP contribution in [0.4, 0.5) is 10.1 Å². The first-order valence-electron chi connectivity index (χ1n) is 12.9. The van der Waals surface area contributed by atoms with Gasteiger partial charge >= 0.3 is 5.97 Å². The predicted molar refractivity (Wildman–Crippen MR) is 124 cm³/mol. The summed E-state index contributed by atoms with van der Waals surface area (Å²) in [5, 5.41) is 13.9. The van der Waals surface area contributed by atoms with Crippen LogP contribution in [-0.4, -0.2) is 39.3 Å². The summed E-state index contributed by atoms with van der Waals surface area (Å²) in [7, 11) is 0. The lowest BCUT2D eigenvalue weighted by Gasteiger charge is -2.65. The Hall–Kier alpha value is -2.77. The topological polar surface area (TPSA) is 96.5 Å². The zero-order valence-electron chi connectivity index (χ0n) is 19.8. The number of carbonyl (C=O) groups excluding carboxylic acids is 1. The Labute approximate surface area is 203 Å². The molecule has 0 saturated heterocycles. The average Bonchev–Trinajstić information content (AvgIpc) is 3.57. The second kappa shape index (κ2) is 6.92. The van der Waals surface area contributed by atoms with Gasteiger partial charge in [0.05, 0.1) is 10.8 Å². The minimum Gasteiger partial charge on any atom is -0.481 e. The van der Waals surface area contributed by atoms with Crippen molar-refractivity contribution in [2.45, 2.75) is 82.2 Å². The van der Waals surface area contributed by atoms with Crippen molar-refractivity contribution in [1.29, 1.82) is 0 Å². The van der Waals surface area contributed by atoms with Gasteiger partial charge in [0.1, 0.15) is 5.67 Å². The van der Waals surface area contributed by atoms with Crippen LogP contribution in [0.3, 0.4) is 0 Å². The van der Waals surface area contributed by atoms with E-state index in [4.69, 9.17) is 4.52 Å². The van der Waals surface area contributed by atoms with Crippen molar-refractivity contribution in [3.63, 3.8) is 0 Å². The molecule has 8 heteroatoms. The molecule has 4 bridgehead atoms. The van der Waals surface area contributed by atoms with Crippen molar-refractivity contribution < 1.29 is 23.6 Å². The summed E-state index contributed by atoms with van der Waals surface area (Å²) in [6.07, 6.45) is 7.51. The molecule has 1 aromatic carbocycles. The zero-order chi connectivity index (χ0) is 24.1. The maximum absolute atomic E-state index is 14.4. The highest BCUT2D eigenvalue weighted by molar-refractivity contribution is 6.00. The van der Waals surface area contributed by atoms with Crippen molar-refractivity contribution in [3.8, 4) is 11.4 Å². The number of rotatable bonds is 7. The third-order valence-corrected chi connectivity index (χ3v) is 9.80. The summed E-state index contributed by atoms with van der Waals surface area (Å²) in [6.45, 7) is 0.547. The molecular weight excluding hydrogens is 449 g/mol. The molecule has 0 aliphatic heterocycles. The number of anilines is 1. The van der Waals surface area contributed by atoms with Crippen LogP contribution < -0.4 is 4.90 Å². The van der Waals surface area contributed by atoms with E-state index in [9.17, 15) is 19.1 Å². The largest absolute Gasteiger partial charge is 0.481 e. The number of carbonyl (C=O) groups is 2. The Morgan fingerprint density at radius 3 is 2.34 bits per heavy atom. The molecule has 0 spiro atoms. The van der Waals surface area contributed by atoms with E-state index in [1.54, 1.807) is 0 Å². The van der Waals surface area contributed by atoms with Crippen LogP contribution in [0.1, 0.15) is 82.4 Å². The molecule has 0 atom stereocenters. The fourth-order valence-electron chi connectivity index (χ4n) is 7.28. The molecule has 7 fully saturated rings. The second-order valence-corrected chi connectivity index (χ2v) is 12.2. The highest BCUT2D eigenvalue weighted by Gasteiger charge is 2.73. The number of aliphatic carboxylic acids is 1. The van der Waals surface area contributed by atoms with Gasteiger partial charge in [-0.2, -0.15) is 4.98 Å². The Bertz CT molecular complexity index is 1190. The third kappa shape index (κ3) is 3.21. The van der Waals surface area contributed by atoms with Crippen molar-refractivity contribution in [3.05, 3.63) is 30.2 Å². The molecule has 7 saturated carbocycles. The van der Waals surface area contributed by atoms with Gasteiger partial charge in [-0.1, -0.05) is 17.3 Å². The normalized spacial score (nSPS) is 36.8. The molecule has 0 radical (unpaired) electrons. The summed E-state index contributed by atoms with van der Waals surface area (Å²) in [4.78, 5) is 32.3. The summed E-state index contributed by atoms with van der Waals surface area (Å²) >= 11 is 0. The number of aromatic nitrogens is 2. The lowest BCUT2D eigenvalue weighted by molar-refractivity contribution is -0.211. The number of halogens is 1. The molecule has 7 aliphatic rings. The number of hydrogen-bond donors (Lipinski definition) is 1. The summed E-state index contributed by atoms with van der Waals surface area (Å²) in [5.74, 6) is 0.888. The van der Waals surface area contributed by atoms with E-state index in [0.717, 1.165) is 43.4 Å². The Morgan fingerprint density at radius 1 is 1.06 bits per heavy atom. The summed E-state index contributed by atoms with van der Waals surface area (Å²) in [5.41, 5.74) is -0.847. The van der Waals surface area contributed by atoms with E-state index >= 15 is 0 Å². The first-order valence-corrected chi connectivity index (χ1v) is 12.9. The fraction of sp³-hybridized carbons (Fsp3) is 0.630. The van der Waals surface area contributed by atoms with E-state index < -0.39 is 22.5 Å². The fourth-order valence-corrected chi connectivity index (χ4v) is 7.28. The summed E-state index contributed by atoms with van der Waals surface area (Å²) in [6, 6.07) is 7.71. The number of alkyl halides is 1. The minimum absolute atomic E-state index is 0.0102. The van der Waals surface area contributed by atoms with E-state index in [-0.39, 0.29) is 11.3 Å². The van der Waals surface area contributed by atoms with E-state index in [1.165, 1.54) is 0 Å². The molecule has 1 N–H and O–H groups in total. The molecular formula is C27H30FN3O4. The Morgan fingerprint density at radius 2 is 1.74 bits per heavy atom. The van der Waals surface area contributed by atoms with Gasteiger partial charge in [-0.15, -0.1) is 0 Å². The smallest absolute Gasteiger partial charge is 0.309 e. The molecule has 7 aliphatic carbocycles. The van der Waals surface area contributed by atoms with E-state index in [2.05, 4.69) is 10.1 Å². The quantitative estimate of drug-likeness (QED) is 0.582. The van der Waals surface area contributed by atoms with Crippen molar-refractivity contribution in [2.75, 3.05) is 11.4 Å².